The first kappa shape index (κ1) is 11.3. The third-order valence-corrected chi connectivity index (χ3v) is 3.47. The van der Waals surface area contributed by atoms with E-state index in [-0.39, 0.29) is 5.54 Å². The monoisotopic (exact) mass is 234 g/mol. The number of nitrogens with zero attached hydrogens (tertiary/aromatic N) is 1. The van der Waals surface area contributed by atoms with Gasteiger partial charge >= 0.3 is 0 Å². The molecule has 1 aromatic rings. The minimum Gasteiger partial charge on any atom is -0.380 e. The van der Waals surface area contributed by atoms with E-state index in [4.69, 9.17) is 16.9 Å². The molecule has 0 unspecified atom stereocenters. The summed E-state index contributed by atoms with van der Waals surface area (Å²) < 4.78 is 0. The Kier molecular flexibility index (Phi) is 2.82. The van der Waals surface area contributed by atoms with Crippen molar-refractivity contribution in [2.75, 3.05) is 5.32 Å². The molecule has 0 bridgehead atoms. The second-order valence-corrected chi connectivity index (χ2v) is 5.33. The molecule has 3 heteroatoms. The molecule has 0 spiro atoms. The normalized spacial score (nSPS) is 15.6. The van der Waals surface area contributed by atoms with Crippen LogP contribution in [0.5, 0.6) is 0 Å². The number of nitriles is 1. The van der Waals surface area contributed by atoms with Crippen molar-refractivity contribution >= 4 is 17.3 Å². The molecule has 1 fully saturated rings. The molecule has 1 aliphatic rings. The largest absolute Gasteiger partial charge is 0.380 e. The average Bonchev–Trinajstić information content (AvgIpc) is 3.00. The van der Waals surface area contributed by atoms with Gasteiger partial charge in [-0.25, -0.2) is 0 Å². The minimum absolute atomic E-state index is 0.109. The van der Waals surface area contributed by atoms with Gasteiger partial charge in [-0.05, 0) is 50.8 Å². The first-order valence-corrected chi connectivity index (χ1v) is 5.88. The summed E-state index contributed by atoms with van der Waals surface area (Å²) in [5.74, 6) is 0.752. The molecule has 1 N–H and O–H groups in total. The van der Waals surface area contributed by atoms with Gasteiger partial charge in [0.2, 0.25) is 0 Å². The molecule has 0 saturated heterocycles. The molecule has 0 heterocycles. The molecule has 0 atom stereocenters. The quantitative estimate of drug-likeness (QED) is 0.863. The van der Waals surface area contributed by atoms with Crippen LogP contribution < -0.4 is 5.32 Å². The molecule has 0 aromatic heterocycles. The Bertz CT molecular complexity index is 442. The zero-order valence-electron chi connectivity index (χ0n) is 9.55. The van der Waals surface area contributed by atoms with Crippen LogP contribution in [0.3, 0.4) is 0 Å². The first-order valence-electron chi connectivity index (χ1n) is 5.51. The lowest BCUT2D eigenvalue weighted by atomic mass is 9.98. The van der Waals surface area contributed by atoms with E-state index in [9.17, 15) is 0 Å². The fourth-order valence-corrected chi connectivity index (χ4v) is 2.19. The van der Waals surface area contributed by atoms with Gasteiger partial charge < -0.3 is 5.32 Å². The summed E-state index contributed by atoms with van der Waals surface area (Å²) in [6.45, 7) is 4.41. The number of nitrogens with one attached hydrogen (secondary N) is 1. The van der Waals surface area contributed by atoms with Crippen molar-refractivity contribution in [3.05, 3.63) is 28.8 Å². The van der Waals surface area contributed by atoms with Gasteiger partial charge in [-0.2, -0.15) is 5.26 Å². The van der Waals surface area contributed by atoms with Gasteiger partial charge in [-0.1, -0.05) is 11.6 Å². The van der Waals surface area contributed by atoms with Gasteiger partial charge in [0.1, 0.15) is 6.07 Å². The Labute approximate surface area is 101 Å². The first-order chi connectivity index (χ1) is 7.53. The van der Waals surface area contributed by atoms with Gasteiger partial charge in [0, 0.05) is 11.2 Å². The van der Waals surface area contributed by atoms with Crippen molar-refractivity contribution in [2.24, 2.45) is 5.92 Å². The summed E-state index contributed by atoms with van der Waals surface area (Å²) in [5.41, 5.74) is 1.62. The number of hydrogen-bond donors (Lipinski definition) is 1. The Morgan fingerprint density at radius 3 is 2.62 bits per heavy atom. The van der Waals surface area contributed by atoms with Crippen molar-refractivity contribution in [1.82, 2.24) is 0 Å². The third-order valence-electron chi connectivity index (χ3n) is 3.15. The zero-order valence-corrected chi connectivity index (χ0v) is 10.3. The smallest absolute Gasteiger partial charge is 0.101 e. The number of rotatable bonds is 3. The Balaban J connectivity index is 2.16. The summed E-state index contributed by atoms with van der Waals surface area (Å²) in [6.07, 6.45) is 2.59. The molecule has 16 heavy (non-hydrogen) atoms. The maximum atomic E-state index is 8.79. The maximum Gasteiger partial charge on any atom is 0.101 e. The van der Waals surface area contributed by atoms with Crippen molar-refractivity contribution in [3.63, 3.8) is 0 Å². The van der Waals surface area contributed by atoms with Crippen LogP contribution in [0, 0.1) is 17.2 Å². The highest BCUT2D eigenvalue weighted by atomic mass is 35.5. The van der Waals surface area contributed by atoms with Crippen LogP contribution in [-0.2, 0) is 0 Å². The van der Waals surface area contributed by atoms with E-state index >= 15 is 0 Å². The van der Waals surface area contributed by atoms with E-state index in [0.29, 0.717) is 10.6 Å². The summed E-state index contributed by atoms with van der Waals surface area (Å²) in [4.78, 5) is 0. The van der Waals surface area contributed by atoms with E-state index in [1.54, 1.807) is 6.07 Å². The number of hydrogen-bond acceptors (Lipinski definition) is 2. The third kappa shape index (κ3) is 2.31. The topological polar surface area (TPSA) is 35.8 Å². The SMILES string of the molecule is CC(C)(Nc1ccc(C#N)c(Cl)c1)C1CC1. The predicted molar refractivity (Wildman–Crippen MR) is 66.6 cm³/mol. The van der Waals surface area contributed by atoms with E-state index in [1.165, 1.54) is 12.8 Å². The standard InChI is InChI=1S/C13H15ClN2/c1-13(2,10-4-5-10)16-11-6-3-9(8-15)12(14)7-11/h3,6-7,10,16H,4-5H2,1-2H3. The predicted octanol–water partition coefficient (Wildman–Crippen LogP) is 3.81. The molecule has 1 aliphatic carbocycles. The lowest BCUT2D eigenvalue weighted by Crippen LogP contribution is -2.33. The fraction of sp³-hybridized carbons (Fsp3) is 0.462. The Morgan fingerprint density at radius 2 is 2.12 bits per heavy atom. The molecule has 0 aliphatic heterocycles. The van der Waals surface area contributed by atoms with Crippen molar-refractivity contribution in [1.29, 1.82) is 5.26 Å². The Hall–Kier alpha value is -1.20. The van der Waals surface area contributed by atoms with Crippen LogP contribution in [0.4, 0.5) is 5.69 Å². The van der Waals surface area contributed by atoms with Crippen LogP contribution in [-0.4, -0.2) is 5.54 Å². The molecule has 2 nitrogen and oxygen atoms in total. The van der Waals surface area contributed by atoms with Crippen LogP contribution in [0.1, 0.15) is 32.3 Å². The molecule has 0 amide bonds. The van der Waals surface area contributed by atoms with E-state index < -0.39 is 0 Å². The van der Waals surface area contributed by atoms with Gasteiger partial charge in [-0.15, -0.1) is 0 Å². The van der Waals surface area contributed by atoms with E-state index in [0.717, 1.165) is 11.6 Å². The number of halogens is 1. The molecule has 1 aromatic carbocycles. The van der Waals surface area contributed by atoms with Gasteiger partial charge in [0.05, 0.1) is 10.6 Å². The zero-order chi connectivity index (χ0) is 11.8. The lowest BCUT2D eigenvalue weighted by molar-refractivity contribution is 0.494. The molecule has 0 radical (unpaired) electrons. The summed E-state index contributed by atoms with van der Waals surface area (Å²) in [7, 11) is 0. The molecule has 1 saturated carbocycles. The fourth-order valence-electron chi connectivity index (χ4n) is 1.96. The van der Waals surface area contributed by atoms with Crippen LogP contribution in [0.15, 0.2) is 18.2 Å². The molecular weight excluding hydrogens is 220 g/mol. The van der Waals surface area contributed by atoms with Crippen molar-refractivity contribution in [3.8, 4) is 6.07 Å². The summed E-state index contributed by atoms with van der Waals surface area (Å²) >= 11 is 5.99. The number of anilines is 1. The second-order valence-electron chi connectivity index (χ2n) is 4.93. The highest BCUT2D eigenvalue weighted by Crippen LogP contribution is 2.41. The number of benzene rings is 1. The lowest BCUT2D eigenvalue weighted by Gasteiger charge is -2.27. The average molecular weight is 235 g/mol. The highest BCUT2D eigenvalue weighted by molar-refractivity contribution is 6.32. The van der Waals surface area contributed by atoms with Gasteiger partial charge in [-0.3, -0.25) is 0 Å². The van der Waals surface area contributed by atoms with Gasteiger partial charge in [0.25, 0.3) is 0 Å². The van der Waals surface area contributed by atoms with Crippen LogP contribution >= 0.6 is 11.6 Å². The highest BCUT2D eigenvalue weighted by Gasteiger charge is 2.37. The van der Waals surface area contributed by atoms with Crippen LogP contribution in [0.2, 0.25) is 5.02 Å². The molecular formula is C13H15ClN2. The van der Waals surface area contributed by atoms with E-state index in [2.05, 4.69) is 25.2 Å². The minimum atomic E-state index is 0.109. The molecule has 84 valence electrons. The van der Waals surface area contributed by atoms with Gasteiger partial charge in [0.15, 0.2) is 0 Å². The second kappa shape index (κ2) is 3.99. The summed E-state index contributed by atoms with van der Waals surface area (Å²) in [6, 6.07) is 7.55. The van der Waals surface area contributed by atoms with Crippen molar-refractivity contribution < 1.29 is 0 Å². The summed E-state index contributed by atoms with van der Waals surface area (Å²) in [5, 5.41) is 12.8. The maximum absolute atomic E-state index is 8.79. The Morgan fingerprint density at radius 1 is 1.44 bits per heavy atom. The molecule has 2 rings (SSSR count). The van der Waals surface area contributed by atoms with Crippen molar-refractivity contribution in [2.45, 2.75) is 32.2 Å². The van der Waals surface area contributed by atoms with E-state index in [1.807, 2.05) is 12.1 Å². The van der Waals surface area contributed by atoms with Crippen LogP contribution in [0.25, 0.3) is 0 Å².